The Morgan fingerprint density at radius 3 is 2.23 bits per heavy atom. The number of ether oxygens (including phenoxy) is 1. The number of fused-ring (bicyclic) bond motifs is 3. The molecular formula is C32H37F2N3O5S. The van der Waals surface area contributed by atoms with Crippen molar-refractivity contribution in [2.75, 3.05) is 7.05 Å². The van der Waals surface area contributed by atoms with Gasteiger partial charge in [-0.25, -0.2) is 8.42 Å². The maximum absolute atomic E-state index is 16.4. The van der Waals surface area contributed by atoms with E-state index in [0.29, 0.717) is 41.1 Å². The van der Waals surface area contributed by atoms with Crippen molar-refractivity contribution in [1.29, 1.82) is 0 Å². The summed E-state index contributed by atoms with van der Waals surface area (Å²) in [5.74, 6) is -4.38. The summed E-state index contributed by atoms with van der Waals surface area (Å²) >= 11 is 0. The molecule has 2 unspecified atom stereocenters. The fraction of sp³-hybridized carbons (Fsp3) is 0.469. The monoisotopic (exact) mass is 613 g/mol. The minimum Gasteiger partial charge on any atom is -0.508 e. The molecule has 11 heteroatoms. The number of sulfonamides is 1. The molecule has 2 saturated heterocycles. The number of nitrogens with zero attached hydrogens (tertiary/aromatic N) is 2. The number of aromatic hydroxyl groups is 1. The summed E-state index contributed by atoms with van der Waals surface area (Å²) < 4.78 is 67.4. The van der Waals surface area contributed by atoms with Crippen LogP contribution in [0.25, 0.3) is 10.8 Å². The largest absolute Gasteiger partial charge is 0.508 e. The highest BCUT2D eigenvalue weighted by molar-refractivity contribution is 7.89. The molecule has 3 aromatic rings. The number of carbonyl (C=O) groups is 1. The van der Waals surface area contributed by atoms with E-state index < -0.39 is 33.5 Å². The SMILES string of the molecule is CN([C@H](C(=O)N1C2CCC1CC(N)C2)C(F)(F)c1ccc(O)cc1)S(=O)(=O)c1ccc2cc(OC3CCCC3)ccc2c1. The van der Waals surface area contributed by atoms with E-state index in [-0.39, 0.29) is 34.9 Å². The number of hydrogen-bond acceptors (Lipinski definition) is 6. The number of alkyl halides is 2. The molecule has 6 rings (SSSR count). The minimum atomic E-state index is -4.57. The second-order valence-corrected chi connectivity index (χ2v) is 14.1. The molecule has 8 nitrogen and oxygen atoms in total. The van der Waals surface area contributed by atoms with Crippen LogP contribution in [0.1, 0.15) is 56.9 Å². The summed E-state index contributed by atoms with van der Waals surface area (Å²) in [6.45, 7) is 0. The van der Waals surface area contributed by atoms with Crippen LogP contribution < -0.4 is 10.5 Å². The van der Waals surface area contributed by atoms with Crippen molar-refractivity contribution in [3.8, 4) is 11.5 Å². The lowest BCUT2D eigenvalue weighted by molar-refractivity contribution is -0.154. The lowest BCUT2D eigenvalue weighted by Crippen LogP contribution is -2.61. The Bertz CT molecular complexity index is 1600. The van der Waals surface area contributed by atoms with E-state index in [2.05, 4.69) is 0 Å². The van der Waals surface area contributed by atoms with Crippen molar-refractivity contribution < 1.29 is 31.8 Å². The predicted octanol–water partition coefficient (Wildman–Crippen LogP) is 5.13. The molecule has 1 aliphatic carbocycles. The topological polar surface area (TPSA) is 113 Å². The lowest BCUT2D eigenvalue weighted by atomic mass is 9.94. The zero-order valence-corrected chi connectivity index (χ0v) is 24.8. The fourth-order valence-corrected chi connectivity index (χ4v) is 8.39. The highest BCUT2D eigenvalue weighted by Crippen LogP contribution is 2.42. The third-order valence-electron chi connectivity index (χ3n) is 9.28. The number of carbonyl (C=O) groups excluding carboxylic acids is 1. The third kappa shape index (κ3) is 5.58. The first-order chi connectivity index (χ1) is 20.4. The van der Waals surface area contributed by atoms with Gasteiger partial charge in [0.1, 0.15) is 11.5 Å². The molecule has 3 N–H and O–H groups in total. The Morgan fingerprint density at radius 2 is 1.58 bits per heavy atom. The summed E-state index contributed by atoms with van der Waals surface area (Å²) in [5.41, 5.74) is 5.59. The zero-order valence-electron chi connectivity index (χ0n) is 24.0. The van der Waals surface area contributed by atoms with Gasteiger partial charge >= 0.3 is 0 Å². The molecule has 0 spiro atoms. The van der Waals surface area contributed by atoms with Crippen molar-refractivity contribution in [1.82, 2.24) is 9.21 Å². The van der Waals surface area contributed by atoms with Crippen molar-refractivity contribution >= 4 is 26.7 Å². The van der Waals surface area contributed by atoms with Crippen molar-refractivity contribution in [2.45, 2.75) is 92.5 Å². The normalized spacial score (nSPS) is 23.7. The van der Waals surface area contributed by atoms with Crippen LogP contribution in [-0.2, 0) is 20.7 Å². The van der Waals surface area contributed by atoms with Crippen LogP contribution in [0.5, 0.6) is 11.5 Å². The molecule has 3 aromatic carbocycles. The zero-order chi connectivity index (χ0) is 30.5. The van der Waals surface area contributed by atoms with Crippen LogP contribution in [0, 0.1) is 0 Å². The van der Waals surface area contributed by atoms with Crippen molar-refractivity contribution in [2.24, 2.45) is 5.73 Å². The molecule has 3 aliphatic rings. The van der Waals surface area contributed by atoms with Crippen molar-refractivity contribution in [3.05, 3.63) is 66.2 Å². The molecule has 43 heavy (non-hydrogen) atoms. The Morgan fingerprint density at radius 1 is 0.977 bits per heavy atom. The molecule has 2 aliphatic heterocycles. The van der Waals surface area contributed by atoms with Crippen LogP contribution in [-0.4, -0.2) is 66.0 Å². The summed E-state index contributed by atoms with van der Waals surface area (Å²) in [7, 11) is -3.53. The molecule has 1 saturated carbocycles. The van der Waals surface area contributed by atoms with Gasteiger partial charge in [0.05, 0.1) is 11.0 Å². The number of benzene rings is 3. The molecule has 1 amide bonds. The smallest absolute Gasteiger partial charge is 0.298 e. The Hall–Kier alpha value is -3.28. The van der Waals surface area contributed by atoms with Gasteiger partial charge in [-0.15, -0.1) is 0 Å². The summed E-state index contributed by atoms with van der Waals surface area (Å²) in [6.07, 6.45) is 6.67. The number of phenols is 1. The van der Waals surface area contributed by atoms with E-state index in [1.165, 1.54) is 17.0 Å². The maximum Gasteiger partial charge on any atom is 0.298 e. The van der Waals surface area contributed by atoms with Gasteiger partial charge in [0, 0.05) is 30.7 Å². The summed E-state index contributed by atoms with van der Waals surface area (Å²) in [4.78, 5) is 15.3. The van der Waals surface area contributed by atoms with Gasteiger partial charge in [-0.3, -0.25) is 4.79 Å². The first-order valence-corrected chi connectivity index (χ1v) is 16.3. The number of halogens is 2. The summed E-state index contributed by atoms with van der Waals surface area (Å²) in [6, 6.07) is 10.9. The molecule has 3 fully saturated rings. The number of phenolic OH excluding ortho intramolecular Hbond substituents is 1. The molecular weight excluding hydrogens is 576 g/mol. The van der Waals surface area contributed by atoms with E-state index in [1.807, 2.05) is 6.07 Å². The predicted molar refractivity (Wildman–Crippen MR) is 158 cm³/mol. The van der Waals surface area contributed by atoms with Crippen LogP contribution in [0.15, 0.2) is 65.6 Å². The number of amides is 1. The second kappa shape index (κ2) is 11.3. The van der Waals surface area contributed by atoms with Gasteiger partial charge in [-0.1, -0.05) is 12.1 Å². The van der Waals surface area contributed by atoms with Gasteiger partial charge in [0.2, 0.25) is 15.9 Å². The molecule has 230 valence electrons. The third-order valence-corrected chi connectivity index (χ3v) is 11.1. The standard InChI is InChI=1S/C32H37F2N3O5S/c1-36(43(40,41)29-15-7-20-16-28(14-6-21(20)17-29)42-27-4-2-3-5-27)30(32(33,34)22-8-12-26(38)13-9-22)31(39)37-24-10-11-25(37)19-23(35)18-24/h6-9,12-17,23-25,27,30,38H,2-5,10-11,18-19,35H2,1H3/t23?,24?,25?,30-/m1/s1. The van der Waals surface area contributed by atoms with E-state index in [4.69, 9.17) is 10.5 Å². The molecule has 2 bridgehead atoms. The highest BCUT2D eigenvalue weighted by Gasteiger charge is 2.56. The fourth-order valence-electron chi connectivity index (χ4n) is 7.04. The maximum atomic E-state index is 16.4. The molecule has 2 heterocycles. The molecule has 0 aromatic heterocycles. The Balaban J connectivity index is 1.35. The van der Waals surface area contributed by atoms with Crippen LogP contribution >= 0.6 is 0 Å². The van der Waals surface area contributed by atoms with Crippen LogP contribution in [0.3, 0.4) is 0 Å². The number of nitrogens with two attached hydrogens (primary N) is 1. The Labute approximate surface area is 250 Å². The lowest BCUT2D eigenvalue weighted by Gasteiger charge is -2.42. The van der Waals surface area contributed by atoms with Gasteiger partial charge in [0.15, 0.2) is 6.04 Å². The van der Waals surface area contributed by atoms with E-state index >= 15 is 8.78 Å². The highest BCUT2D eigenvalue weighted by atomic mass is 32.2. The van der Waals surface area contributed by atoms with E-state index in [0.717, 1.165) is 62.4 Å². The average molecular weight is 614 g/mol. The quantitative estimate of drug-likeness (QED) is 0.364. The van der Waals surface area contributed by atoms with E-state index in [9.17, 15) is 18.3 Å². The molecule has 3 atom stereocenters. The van der Waals surface area contributed by atoms with Crippen LogP contribution in [0.2, 0.25) is 0 Å². The van der Waals surface area contributed by atoms with Crippen molar-refractivity contribution in [3.63, 3.8) is 0 Å². The van der Waals surface area contributed by atoms with Gasteiger partial charge < -0.3 is 20.5 Å². The molecule has 0 radical (unpaired) electrons. The van der Waals surface area contributed by atoms with Gasteiger partial charge in [0.25, 0.3) is 5.92 Å². The number of piperidine rings is 1. The first-order valence-electron chi connectivity index (χ1n) is 14.9. The van der Waals surface area contributed by atoms with Crippen LogP contribution in [0.4, 0.5) is 8.78 Å². The second-order valence-electron chi connectivity index (χ2n) is 12.2. The Kier molecular flexibility index (Phi) is 7.85. The minimum absolute atomic E-state index is 0.138. The van der Waals surface area contributed by atoms with E-state index in [1.54, 1.807) is 18.2 Å². The average Bonchev–Trinajstić information content (AvgIpc) is 3.58. The van der Waals surface area contributed by atoms with Gasteiger partial charge in [-0.05, 0) is 111 Å². The number of rotatable bonds is 8. The number of hydrogen-bond donors (Lipinski definition) is 2. The number of likely N-dealkylation sites (N-methyl/N-ethyl adjacent to an activating group) is 1. The first kappa shape index (κ1) is 29.8. The summed E-state index contributed by atoms with van der Waals surface area (Å²) in [5, 5.41) is 11.0. The van der Waals surface area contributed by atoms with Gasteiger partial charge in [-0.2, -0.15) is 13.1 Å².